The lowest BCUT2D eigenvalue weighted by molar-refractivity contribution is -0.126. The van der Waals surface area contributed by atoms with Crippen LogP contribution in [-0.2, 0) is 9.59 Å². The Labute approximate surface area is 151 Å². The summed E-state index contributed by atoms with van der Waals surface area (Å²) in [6.07, 6.45) is 0. The van der Waals surface area contributed by atoms with Gasteiger partial charge in [-0.1, -0.05) is 48.5 Å². The average molecular weight is 341 g/mol. The van der Waals surface area contributed by atoms with E-state index in [2.05, 4.69) is 28.8 Å². The molecule has 0 aliphatic rings. The van der Waals surface area contributed by atoms with Gasteiger partial charge in [-0.3, -0.25) is 9.59 Å². The summed E-state index contributed by atoms with van der Waals surface area (Å²) >= 11 is 0. The Kier molecular flexibility index (Phi) is 3.92. The number of carbonyl (C=O) groups is 2. The van der Waals surface area contributed by atoms with Gasteiger partial charge in [0.05, 0.1) is 11.0 Å². The number of benzene rings is 3. The van der Waals surface area contributed by atoms with Crippen LogP contribution in [0.25, 0.3) is 27.5 Å². The molecule has 0 aliphatic heterocycles. The second-order valence-corrected chi connectivity index (χ2v) is 6.62. The SMILES string of the molecule is CC(=O)C(C(C)=O)c1cccc(-n2c3ccccc3c3ccccc32)c1. The van der Waals surface area contributed by atoms with Gasteiger partial charge in [0.25, 0.3) is 0 Å². The van der Waals surface area contributed by atoms with Crippen LogP contribution in [0.15, 0.2) is 72.8 Å². The molecule has 1 heterocycles. The highest BCUT2D eigenvalue weighted by Crippen LogP contribution is 2.32. The van der Waals surface area contributed by atoms with Gasteiger partial charge >= 0.3 is 0 Å². The van der Waals surface area contributed by atoms with Gasteiger partial charge in [0.15, 0.2) is 0 Å². The van der Waals surface area contributed by atoms with Crippen LogP contribution < -0.4 is 0 Å². The third-order valence-electron chi connectivity index (χ3n) is 4.85. The molecule has 0 aliphatic carbocycles. The van der Waals surface area contributed by atoms with Crippen LogP contribution in [0, 0.1) is 0 Å². The Morgan fingerprint density at radius 2 is 1.27 bits per heavy atom. The third kappa shape index (κ3) is 2.53. The molecule has 1 aromatic heterocycles. The minimum atomic E-state index is -0.706. The summed E-state index contributed by atoms with van der Waals surface area (Å²) in [4.78, 5) is 24.0. The van der Waals surface area contributed by atoms with E-state index in [0.29, 0.717) is 0 Å². The summed E-state index contributed by atoms with van der Waals surface area (Å²) in [6, 6.07) is 24.3. The van der Waals surface area contributed by atoms with E-state index in [4.69, 9.17) is 0 Å². The summed E-state index contributed by atoms with van der Waals surface area (Å²) in [5, 5.41) is 2.37. The number of nitrogens with zero attached hydrogens (tertiary/aromatic N) is 1. The first-order chi connectivity index (χ1) is 12.6. The van der Waals surface area contributed by atoms with E-state index in [1.807, 2.05) is 48.5 Å². The van der Waals surface area contributed by atoms with Crippen molar-refractivity contribution < 1.29 is 9.59 Å². The van der Waals surface area contributed by atoms with Gasteiger partial charge in [-0.15, -0.1) is 0 Å². The molecule has 26 heavy (non-hydrogen) atoms. The second-order valence-electron chi connectivity index (χ2n) is 6.62. The maximum Gasteiger partial charge on any atom is 0.144 e. The molecule has 0 atom stereocenters. The minimum absolute atomic E-state index is 0.128. The highest BCUT2D eigenvalue weighted by Gasteiger charge is 2.22. The van der Waals surface area contributed by atoms with Crippen LogP contribution in [0.2, 0.25) is 0 Å². The van der Waals surface area contributed by atoms with Gasteiger partial charge in [0, 0.05) is 16.5 Å². The Balaban J connectivity index is 2.00. The standard InChI is InChI=1S/C23H19NO2/c1-15(25)23(16(2)26)17-8-7-9-18(14-17)24-21-12-5-3-10-19(21)20-11-4-6-13-22(20)24/h3-14,23H,1-2H3. The van der Waals surface area contributed by atoms with Crippen LogP contribution in [0.1, 0.15) is 25.3 Å². The molecule has 3 heteroatoms. The summed E-state index contributed by atoms with van der Waals surface area (Å²) in [6.45, 7) is 2.94. The van der Waals surface area contributed by atoms with E-state index < -0.39 is 5.92 Å². The van der Waals surface area contributed by atoms with Crippen molar-refractivity contribution in [3.05, 3.63) is 78.4 Å². The Morgan fingerprint density at radius 1 is 0.731 bits per heavy atom. The Hall–Kier alpha value is -3.20. The Morgan fingerprint density at radius 3 is 1.81 bits per heavy atom. The molecule has 0 saturated heterocycles. The molecule has 0 saturated carbocycles. The number of hydrogen-bond acceptors (Lipinski definition) is 2. The zero-order chi connectivity index (χ0) is 18.3. The van der Waals surface area contributed by atoms with Gasteiger partial charge in [-0.05, 0) is 43.7 Å². The molecule has 4 aromatic rings. The molecule has 0 bridgehead atoms. The lowest BCUT2D eigenvalue weighted by Crippen LogP contribution is -2.17. The topological polar surface area (TPSA) is 39.1 Å². The van der Waals surface area contributed by atoms with Crippen molar-refractivity contribution >= 4 is 33.4 Å². The van der Waals surface area contributed by atoms with Gasteiger partial charge in [0.2, 0.25) is 0 Å². The molecular weight excluding hydrogens is 322 g/mol. The first-order valence-corrected chi connectivity index (χ1v) is 8.67. The van der Waals surface area contributed by atoms with Crippen LogP contribution in [-0.4, -0.2) is 16.1 Å². The summed E-state index contributed by atoms with van der Waals surface area (Å²) < 4.78 is 2.19. The third-order valence-corrected chi connectivity index (χ3v) is 4.85. The van der Waals surface area contributed by atoms with Crippen molar-refractivity contribution in [3.63, 3.8) is 0 Å². The van der Waals surface area contributed by atoms with Crippen molar-refractivity contribution in [2.45, 2.75) is 19.8 Å². The zero-order valence-corrected chi connectivity index (χ0v) is 14.8. The lowest BCUT2D eigenvalue weighted by atomic mass is 9.91. The lowest BCUT2D eigenvalue weighted by Gasteiger charge is -2.14. The maximum atomic E-state index is 12.0. The molecule has 0 fully saturated rings. The number of ketones is 2. The molecule has 0 N–H and O–H groups in total. The van der Waals surface area contributed by atoms with Gasteiger partial charge in [-0.25, -0.2) is 0 Å². The molecule has 4 rings (SSSR count). The molecule has 0 spiro atoms. The van der Waals surface area contributed by atoms with Crippen LogP contribution in [0.3, 0.4) is 0 Å². The number of para-hydroxylation sites is 2. The number of Topliss-reactive ketones (excluding diaryl/α,β-unsaturated/α-hetero) is 2. The van der Waals surface area contributed by atoms with E-state index in [1.54, 1.807) is 0 Å². The molecule has 0 amide bonds. The monoisotopic (exact) mass is 341 g/mol. The first-order valence-electron chi connectivity index (χ1n) is 8.67. The second kappa shape index (κ2) is 6.26. The predicted molar refractivity (Wildman–Crippen MR) is 105 cm³/mol. The number of aromatic nitrogens is 1. The van der Waals surface area contributed by atoms with Crippen molar-refractivity contribution in [1.82, 2.24) is 4.57 Å². The van der Waals surface area contributed by atoms with E-state index in [-0.39, 0.29) is 11.6 Å². The smallest absolute Gasteiger partial charge is 0.144 e. The largest absolute Gasteiger partial charge is 0.309 e. The van der Waals surface area contributed by atoms with Crippen LogP contribution in [0.5, 0.6) is 0 Å². The average Bonchev–Trinajstić information content (AvgIpc) is 2.96. The first kappa shape index (κ1) is 16.3. The Bertz CT molecular complexity index is 1090. The van der Waals surface area contributed by atoms with Crippen molar-refractivity contribution in [1.29, 1.82) is 0 Å². The molecule has 0 radical (unpaired) electrons. The fourth-order valence-electron chi connectivity index (χ4n) is 3.80. The van der Waals surface area contributed by atoms with Gasteiger partial charge < -0.3 is 4.57 Å². The number of hydrogen-bond donors (Lipinski definition) is 0. The van der Waals surface area contributed by atoms with Crippen molar-refractivity contribution in [3.8, 4) is 5.69 Å². The minimum Gasteiger partial charge on any atom is -0.309 e. The summed E-state index contributed by atoms with van der Waals surface area (Å²) in [7, 11) is 0. The summed E-state index contributed by atoms with van der Waals surface area (Å²) in [5.41, 5.74) is 3.90. The van der Waals surface area contributed by atoms with Crippen molar-refractivity contribution in [2.24, 2.45) is 0 Å². The molecular formula is C23H19NO2. The molecule has 3 aromatic carbocycles. The van der Waals surface area contributed by atoms with Gasteiger partial charge in [-0.2, -0.15) is 0 Å². The number of rotatable bonds is 4. The predicted octanol–water partition coefficient (Wildman–Crippen LogP) is 5.05. The zero-order valence-electron chi connectivity index (χ0n) is 14.8. The highest BCUT2D eigenvalue weighted by molar-refractivity contribution is 6.09. The molecule has 128 valence electrons. The van der Waals surface area contributed by atoms with Gasteiger partial charge in [0.1, 0.15) is 17.5 Å². The number of carbonyl (C=O) groups excluding carboxylic acids is 2. The van der Waals surface area contributed by atoms with E-state index >= 15 is 0 Å². The van der Waals surface area contributed by atoms with E-state index in [1.165, 1.54) is 24.6 Å². The normalized spacial score (nSPS) is 11.3. The number of fused-ring (bicyclic) bond motifs is 3. The van der Waals surface area contributed by atoms with Crippen molar-refractivity contribution in [2.75, 3.05) is 0 Å². The summed E-state index contributed by atoms with van der Waals surface area (Å²) in [5.74, 6) is -0.961. The van der Waals surface area contributed by atoms with Crippen LogP contribution >= 0.6 is 0 Å². The highest BCUT2D eigenvalue weighted by atomic mass is 16.1. The molecule has 3 nitrogen and oxygen atoms in total. The fraction of sp³-hybridized carbons (Fsp3) is 0.130. The van der Waals surface area contributed by atoms with E-state index in [9.17, 15) is 9.59 Å². The quantitative estimate of drug-likeness (QED) is 0.488. The van der Waals surface area contributed by atoms with E-state index in [0.717, 1.165) is 22.3 Å². The fourth-order valence-corrected chi connectivity index (χ4v) is 3.80. The molecule has 0 unspecified atom stereocenters. The maximum absolute atomic E-state index is 12.0. The van der Waals surface area contributed by atoms with Crippen LogP contribution in [0.4, 0.5) is 0 Å².